The maximum Gasteiger partial charge on any atom is 0.255 e. The minimum Gasteiger partial charge on any atom is -0.381 e. The van der Waals surface area contributed by atoms with Crippen LogP contribution in [0.5, 0.6) is 0 Å². The zero-order valence-corrected chi connectivity index (χ0v) is 13.4. The highest BCUT2D eigenvalue weighted by Crippen LogP contribution is 2.33. The van der Waals surface area contributed by atoms with Gasteiger partial charge in [-0.05, 0) is 37.7 Å². The molecule has 1 amide bonds. The van der Waals surface area contributed by atoms with Gasteiger partial charge in [0.25, 0.3) is 5.91 Å². The molecule has 23 heavy (non-hydrogen) atoms. The summed E-state index contributed by atoms with van der Waals surface area (Å²) < 4.78 is 5.47. The zero-order valence-electron chi connectivity index (χ0n) is 13.4. The second-order valence-corrected chi connectivity index (χ2v) is 6.89. The Kier molecular flexibility index (Phi) is 4.27. The Labute approximate surface area is 136 Å². The number of fused-ring (bicyclic) bond motifs is 1. The summed E-state index contributed by atoms with van der Waals surface area (Å²) in [6.07, 6.45) is 7.71. The highest BCUT2D eigenvalue weighted by Gasteiger charge is 2.44. The van der Waals surface area contributed by atoms with Crippen LogP contribution in [0.4, 0.5) is 0 Å². The number of ether oxygens (including phenoxy) is 1. The molecule has 0 aliphatic carbocycles. The van der Waals surface area contributed by atoms with Gasteiger partial charge in [-0.15, -0.1) is 0 Å². The molecule has 124 valence electrons. The van der Waals surface area contributed by atoms with Crippen molar-refractivity contribution >= 4 is 5.91 Å². The first-order valence-corrected chi connectivity index (χ1v) is 8.72. The van der Waals surface area contributed by atoms with Crippen molar-refractivity contribution in [3.63, 3.8) is 0 Å². The molecule has 2 atom stereocenters. The fraction of sp³-hybridized carbons (Fsp3) is 0.706. The monoisotopic (exact) mass is 316 g/mol. The Morgan fingerprint density at radius 2 is 1.96 bits per heavy atom. The quantitative estimate of drug-likeness (QED) is 0.838. The smallest absolute Gasteiger partial charge is 0.255 e. The Morgan fingerprint density at radius 3 is 2.74 bits per heavy atom. The highest BCUT2D eigenvalue weighted by atomic mass is 16.5. The third kappa shape index (κ3) is 2.97. The van der Waals surface area contributed by atoms with Gasteiger partial charge in [0.2, 0.25) is 0 Å². The van der Waals surface area contributed by atoms with E-state index in [1.165, 1.54) is 19.4 Å². The van der Waals surface area contributed by atoms with Crippen molar-refractivity contribution in [2.24, 2.45) is 5.92 Å². The lowest BCUT2D eigenvalue weighted by Crippen LogP contribution is -2.41. The normalized spacial score (nSPS) is 29.0. The standard InChI is InChI=1S/C17H24N4O2/c22-17(14-1-6-18-19-11-14)21-8-3-15-16(21)2-7-20(15)12-13-4-9-23-10-5-13/h1,6,11,13,15-16H,2-5,7-10,12H2/t15-,16+/m0/s1. The summed E-state index contributed by atoms with van der Waals surface area (Å²) in [5, 5.41) is 7.59. The Hall–Kier alpha value is -1.53. The number of amides is 1. The molecule has 6 heteroatoms. The molecule has 0 bridgehead atoms. The molecule has 0 spiro atoms. The lowest BCUT2D eigenvalue weighted by Gasteiger charge is -2.30. The largest absolute Gasteiger partial charge is 0.381 e. The summed E-state index contributed by atoms with van der Waals surface area (Å²) in [7, 11) is 0. The van der Waals surface area contributed by atoms with Crippen LogP contribution in [0.25, 0.3) is 0 Å². The van der Waals surface area contributed by atoms with Crippen molar-refractivity contribution in [3.8, 4) is 0 Å². The predicted octanol–water partition coefficient (Wildman–Crippen LogP) is 1.19. The van der Waals surface area contributed by atoms with E-state index < -0.39 is 0 Å². The summed E-state index contributed by atoms with van der Waals surface area (Å²) in [5.41, 5.74) is 0.656. The van der Waals surface area contributed by atoms with Gasteiger partial charge >= 0.3 is 0 Å². The maximum absolute atomic E-state index is 12.7. The van der Waals surface area contributed by atoms with Gasteiger partial charge in [-0.25, -0.2) is 0 Å². The third-order valence-corrected chi connectivity index (χ3v) is 5.62. The van der Waals surface area contributed by atoms with Crippen LogP contribution in [-0.4, -0.2) is 70.8 Å². The van der Waals surface area contributed by atoms with Crippen molar-refractivity contribution < 1.29 is 9.53 Å². The average Bonchev–Trinajstić information content (AvgIpc) is 3.19. The number of rotatable bonds is 3. The van der Waals surface area contributed by atoms with E-state index in [1.54, 1.807) is 18.5 Å². The summed E-state index contributed by atoms with van der Waals surface area (Å²) in [6, 6.07) is 2.67. The third-order valence-electron chi connectivity index (χ3n) is 5.62. The molecule has 4 heterocycles. The van der Waals surface area contributed by atoms with Crippen LogP contribution in [0.1, 0.15) is 36.0 Å². The molecule has 0 aromatic carbocycles. The summed E-state index contributed by atoms with van der Waals surface area (Å²) in [5.74, 6) is 0.872. The number of hydrogen-bond acceptors (Lipinski definition) is 5. The molecule has 1 aromatic rings. The molecular formula is C17H24N4O2. The number of likely N-dealkylation sites (tertiary alicyclic amines) is 2. The highest BCUT2D eigenvalue weighted by molar-refractivity contribution is 5.94. The van der Waals surface area contributed by atoms with Crippen molar-refractivity contribution in [2.75, 3.05) is 32.8 Å². The van der Waals surface area contributed by atoms with Crippen LogP contribution < -0.4 is 0 Å². The molecule has 3 saturated heterocycles. The number of carbonyl (C=O) groups is 1. The average molecular weight is 316 g/mol. The van der Waals surface area contributed by atoms with Gasteiger partial charge in [0.15, 0.2) is 0 Å². The van der Waals surface area contributed by atoms with Crippen molar-refractivity contribution in [1.82, 2.24) is 20.0 Å². The van der Waals surface area contributed by atoms with E-state index in [4.69, 9.17) is 4.74 Å². The van der Waals surface area contributed by atoms with Crippen LogP contribution in [-0.2, 0) is 4.74 Å². The first kappa shape index (κ1) is 15.0. The van der Waals surface area contributed by atoms with Crippen molar-refractivity contribution in [2.45, 2.75) is 37.8 Å². The van der Waals surface area contributed by atoms with Gasteiger partial charge in [-0.1, -0.05) is 0 Å². The Morgan fingerprint density at radius 1 is 1.13 bits per heavy atom. The first-order valence-electron chi connectivity index (χ1n) is 8.72. The maximum atomic E-state index is 12.7. The minimum absolute atomic E-state index is 0.111. The fourth-order valence-electron chi connectivity index (χ4n) is 4.40. The van der Waals surface area contributed by atoms with Gasteiger partial charge < -0.3 is 9.64 Å². The zero-order chi connectivity index (χ0) is 15.6. The molecule has 3 aliphatic heterocycles. The lowest BCUT2D eigenvalue weighted by atomic mass is 9.99. The van der Waals surface area contributed by atoms with Gasteiger partial charge in [-0.3, -0.25) is 9.69 Å². The molecule has 0 saturated carbocycles. The molecule has 3 aliphatic rings. The second kappa shape index (κ2) is 6.53. The van der Waals surface area contributed by atoms with Crippen LogP contribution in [0.2, 0.25) is 0 Å². The molecule has 0 radical (unpaired) electrons. The molecular weight excluding hydrogens is 292 g/mol. The predicted molar refractivity (Wildman–Crippen MR) is 85.0 cm³/mol. The topological polar surface area (TPSA) is 58.6 Å². The van der Waals surface area contributed by atoms with E-state index in [1.807, 2.05) is 0 Å². The molecule has 4 rings (SSSR count). The molecule has 0 unspecified atom stereocenters. The van der Waals surface area contributed by atoms with Crippen molar-refractivity contribution in [3.05, 3.63) is 24.0 Å². The Balaban J connectivity index is 1.40. The van der Waals surface area contributed by atoms with Crippen molar-refractivity contribution in [1.29, 1.82) is 0 Å². The summed E-state index contributed by atoms with van der Waals surface area (Å²) in [4.78, 5) is 17.4. The van der Waals surface area contributed by atoms with E-state index in [2.05, 4.69) is 20.0 Å². The second-order valence-electron chi connectivity index (χ2n) is 6.89. The minimum atomic E-state index is 0.111. The first-order chi connectivity index (χ1) is 11.3. The number of aromatic nitrogens is 2. The van der Waals surface area contributed by atoms with Gasteiger partial charge in [0, 0.05) is 44.9 Å². The number of hydrogen-bond donors (Lipinski definition) is 0. The van der Waals surface area contributed by atoms with E-state index in [0.717, 1.165) is 45.1 Å². The van der Waals surface area contributed by atoms with Gasteiger partial charge in [-0.2, -0.15) is 10.2 Å². The summed E-state index contributed by atoms with van der Waals surface area (Å²) >= 11 is 0. The fourth-order valence-corrected chi connectivity index (χ4v) is 4.40. The summed E-state index contributed by atoms with van der Waals surface area (Å²) in [6.45, 7) is 4.97. The molecule has 1 aromatic heterocycles. The lowest BCUT2D eigenvalue weighted by molar-refractivity contribution is 0.0502. The van der Waals surface area contributed by atoms with Crippen LogP contribution >= 0.6 is 0 Å². The van der Waals surface area contributed by atoms with Crippen LogP contribution in [0.3, 0.4) is 0 Å². The molecule has 0 N–H and O–H groups in total. The van der Waals surface area contributed by atoms with Gasteiger partial charge in [0.1, 0.15) is 0 Å². The Bertz CT molecular complexity index is 547. The number of nitrogens with zero attached hydrogens (tertiary/aromatic N) is 4. The van der Waals surface area contributed by atoms with E-state index in [0.29, 0.717) is 17.6 Å². The molecule has 3 fully saturated rings. The van der Waals surface area contributed by atoms with E-state index >= 15 is 0 Å². The van der Waals surface area contributed by atoms with Crippen LogP contribution in [0, 0.1) is 5.92 Å². The molecule has 6 nitrogen and oxygen atoms in total. The SMILES string of the molecule is O=C(c1ccnnc1)N1CC[C@H]2[C@H]1CCN2CC1CCOCC1. The van der Waals surface area contributed by atoms with E-state index in [-0.39, 0.29) is 5.91 Å². The number of carbonyl (C=O) groups excluding carboxylic acids is 1. The van der Waals surface area contributed by atoms with Crippen LogP contribution in [0.15, 0.2) is 18.5 Å². The van der Waals surface area contributed by atoms with Gasteiger partial charge in [0.05, 0.1) is 18.0 Å². The van der Waals surface area contributed by atoms with E-state index in [9.17, 15) is 4.79 Å².